The van der Waals surface area contributed by atoms with E-state index in [4.69, 9.17) is 21.1 Å². The molecule has 3 nitrogen and oxygen atoms in total. The first-order valence-corrected chi connectivity index (χ1v) is 7.54. The maximum Gasteiger partial charge on any atom is 0.411 e. The van der Waals surface area contributed by atoms with Gasteiger partial charge < -0.3 is 14.2 Å². The van der Waals surface area contributed by atoms with Crippen LogP contribution < -0.4 is 9.47 Å². The van der Waals surface area contributed by atoms with Gasteiger partial charge >= 0.3 is 6.18 Å². The number of hydrogen-bond acceptors (Lipinski definition) is 3. The summed E-state index contributed by atoms with van der Waals surface area (Å²) in [7, 11) is 0. The van der Waals surface area contributed by atoms with Crippen molar-refractivity contribution in [2.75, 3.05) is 26.4 Å². The van der Waals surface area contributed by atoms with E-state index >= 15 is 0 Å². The van der Waals surface area contributed by atoms with Crippen LogP contribution in [0, 0.1) is 0 Å². The van der Waals surface area contributed by atoms with Crippen LogP contribution in [0.4, 0.5) is 13.2 Å². The number of alkyl halides is 4. The van der Waals surface area contributed by atoms with Crippen molar-refractivity contribution in [3.05, 3.63) is 22.7 Å². The van der Waals surface area contributed by atoms with Crippen molar-refractivity contribution in [1.82, 2.24) is 0 Å². The van der Waals surface area contributed by atoms with Crippen molar-refractivity contribution < 1.29 is 27.4 Å². The van der Waals surface area contributed by atoms with Crippen LogP contribution in [0.3, 0.4) is 0 Å². The maximum atomic E-state index is 12.1. The standard InChI is InChI=1S/C13H13BrClF3O3/c14-9(6-19-7-13(16,17)18)8-4-11-12(5-10(8)15)21-3-1-2-20-11/h4-5,9H,1-3,6-7H2. The van der Waals surface area contributed by atoms with Crippen molar-refractivity contribution >= 4 is 27.5 Å². The molecule has 0 fully saturated rings. The molecule has 1 heterocycles. The van der Waals surface area contributed by atoms with Crippen LogP contribution in [0.15, 0.2) is 12.1 Å². The fourth-order valence-corrected chi connectivity index (χ4v) is 2.79. The minimum Gasteiger partial charge on any atom is -0.490 e. The number of halogens is 5. The Kier molecular flexibility index (Phi) is 5.62. The lowest BCUT2D eigenvalue weighted by Crippen LogP contribution is -2.18. The summed E-state index contributed by atoms with van der Waals surface area (Å²) in [5.74, 6) is 1.07. The second-order valence-electron chi connectivity index (χ2n) is 4.47. The Hall–Kier alpha value is -0.660. The predicted molar refractivity (Wildman–Crippen MR) is 75.6 cm³/mol. The minimum atomic E-state index is -4.35. The Morgan fingerprint density at radius 1 is 1.24 bits per heavy atom. The normalized spacial score (nSPS) is 16.4. The van der Waals surface area contributed by atoms with Gasteiger partial charge in [-0.2, -0.15) is 13.2 Å². The molecule has 0 aromatic heterocycles. The molecule has 1 atom stereocenters. The number of fused-ring (bicyclic) bond motifs is 1. The number of ether oxygens (including phenoxy) is 3. The summed E-state index contributed by atoms with van der Waals surface area (Å²) >= 11 is 9.41. The highest BCUT2D eigenvalue weighted by atomic mass is 79.9. The minimum absolute atomic E-state index is 0.154. The number of benzene rings is 1. The van der Waals surface area contributed by atoms with E-state index in [0.717, 1.165) is 6.42 Å². The van der Waals surface area contributed by atoms with Gasteiger partial charge in [0.15, 0.2) is 11.5 Å². The van der Waals surface area contributed by atoms with Gasteiger partial charge in [0.25, 0.3) is 0 Å². The number of rotatable bonds is 4. The molecule has 0 aliphatic carbocycles. The molecule has 21 heavy (non-hydrogen) atoms. The molecule has 1 aromatic rings. The summed E-state index contributed by atoms with van der Waals surface area (Å²) in [4.78, 5) is -0.468. The van der Waals surface area contributed by atoms with Crippen molar-refractivity contribution in [3.63, 3.8) is 0 Å². The van der Waals surface area contributed by atoms with Crippen LogP contribution in [0.2, 0.25) is 5.02 Å². The second kappa shape index (κ2) is 7.07. The van der Waals surface area contributed by atoms with Gasteiger partial charge in [-0.3, -0.25) is 0 Å². The summed E-state index contributed by atoms with van der Waals surface area (Å²) in [6.07, 6.45) is -3.59. The van der Waals surface area contributed by atoms with Gasteiger partial charge in [-0.1, -0.05) is 27.5 Å². The van der Waals surface area contributed by atoms with Crippen LogP contribution in [-0.4, -0.2) is 32.6 Å². The molecule has 0 saturated carbocycles. The molecule has 0 spiro atoms. The van der Waals surface area contributed by atoms with E-state index in [2.05, 4.69) is 20.7 Å². The average molecular weight is 390 g/mol. The summed E-state index contributed by atoms with van der Waals surface area (Å²) in [5.41, 5.74) is 0.600. The largest absolute Gasteiger partial charge is 0.490 e. The fraction of sp³-hybridized carbons (Fsp3) is 0.538. The topological polar surface area (TPSA) is 27.7 Å². The molecular weight excluding hydrogens is 376 g/mol. The highest BCUT2D eigenvalue weighted by molar-refractivity contribution is 9.09. The monoisotopic (exact) mass is 388 g/mol. The van der Waals surface area contributed by atoms with E-state index in [1.54, 1.807) is 12.1 Å². The molecule has 8 heteroatoms. The van der Waals surface area contributed by atoms with Crippen molar-refractivity contribution in [3.8, 4) is 11.5 Å². The molecule has 0 radical (unpaired) electrons. The lowest BCUT2D eigenvalue weighted by molar-refractivity contribution is -0.173. The van der Waals surface area contributed by atoms with Crippen LogP contribution >= 0.6 is 27.5 Å². The van der Waals surface area contributed by atoms with E-state index in [1.807, 2.05) is 0 Å². The highest BCUT2D eigenvalue weighted by Crippen LogP contribution is 2.39. The molecule has 1 aliphatic heterocycles. The third-order valence-corrected chi connectivity index (χ3v) is 3.82. The van der Waals surface area contributed by atoms with Crippen LogP contribution in [-0.2, 0) is 4.74 Å². The average Bonchev–Trinajstić information content (AvgIpc) is 2.60. The van der Waals surface area contributed by atoms with E-state index in [1.165, 1.54) is 0 Å². The zero-order valence-electron chi connectivity index (χ0n) is 10.9. The van der Waals surface area contributed by atoms with E-state index in [-0.39, 0.29) is 6.61 Å². The third-order valence-electron chi connectivity index (χ3n) is 2.73. The lowest BCUT2D eigenvalue weighted by Gasteiger charge is -2.16. The van der Waals surface area contributed by atoms with Gasteiger partial charge in [0, 0.05) is 17.5 Å². The van der Waals surface area contributed by atoms with Crippen molar-refractivity contribution in [2.45, 2.75) is 17.4 Å². The van der Waals surface area contributed by atoms with Gasteiger partial charge in [-0.25, -0.2) is 0 Å². The van der Waals surface area contributed by atoms with E-state index in [9.17, 15) is 13.2 Å². The SMILES string of the molecule is FC(F)(F)COCC(Br)c1cc2c(cc1Cl)OCCCO2. The highest BCUT2D eigenvalue weighted by Gasteiger charge is 2.28. The van der Waals surface area contributed by atoms with Crippen molar-refractivity contribution in [1.29, 1.82) is 0 Å². The maximum absolute atomic E-state index is 12.1. The first kappa shape index (κ1) is 16.7. The van der Waals surface area contributed by atoms with Crippen LogP contribution in [0.25, 0.3) is 0 Å². The Bertz CT molecular complexity index is 496. The van der Waals surface area contributed by atoms with E-state index in [0.29, 0.717) is 35.3 Å². The van der Waals surface area contributed by atoms with Gasteiger partial charge in [0.2, 0.25) is 0 Å². The predicted octanol–water partition coefficient (Wildman–Crippen LogP) is 4.52. The molecule has 118 valence electrons. The van der Waals surface area contributed by atoms with Gasteiger partial charge in [0.1, 0.15) is 6.61 Å². The Morgan fingerprint density at radius 3 is 2.48 bits per heavy atom. The van der Waals surface area contributed by atoms with Crippen molar-refractivity contribution in [2.24, 2.45) is 0 Å². The van der Waals surface area contributed by atoms with Crippen LogP contribution in [0.1, 0.15) is 16.8 Å². The molecule has 1 aliphatic rings. The Labute approximate surface area is 133 Å². The summed E-state index contributed by atoms with van der Waals surface area (Å²) in [6.45, 7) is -0.392. The fourth-order valence-electron chi connectivity index (χ4n) is 1.81. The molecular formula is C13H13BrClF3O3. The first-order chi connectivity index (χ1) is 9.87. The second-order valence-corrected chi connectivity index (χ2v) is 5.98. The summed E-state index contributed by atoms with van der Waals surface area (Å²) in [5, 5.41) is 0.386. The third kappa shape index (κ3) is 4.93. The Balaban J connectivity index is 2.06. The Morgan fingerprint density at radius 2 is 1.86 bits per heavy atom. The van der Waals surface area contributed by atoms with Crippen LogP contribution in [0.5, 0.6) is 11.5 Å². The molecule has 0 bridgehead atoms. The molecule has 0 N–H and O–H groups in total. The van der Waals surface area contributed by atoms with Gasteiger partial charge in [-0.15, -0.1) is 0 Å². The smallest absolute Gasteiger partial charge is 0.411 e. The zero-order chi connectivity index (χ0) is 15.5. The van der Waals surface area contributed by atoms with E-state index < -0.39 is 17.6 Å². The molecule has 0 saturated heterocycles. The summed E-state index contributed by atoms with van der Waals surface area (Å²) in [6, 6.07) is 3.27. The number of hydrogen-bond donors (Lipinski definition) is 0. The first-order valence-electron chi connectivity index (χ1n) is 6.24. The van der Waals surface area contributed by atoms with Gasteiger partial charge in [-0.05, 0) is 11.6 Å². The quantitative estimate of drug-likeness (QED) is 0.709. The molecule has 2 rings (SSSR count). The molecule has 1 aromatic carbocycles. The molecule has 1 unspecified atom stereocenters. The zero-order valence-corrected chi connectivity index (χ0v) is 13.2. The molecule has 0 amide bonds. The van der Waals surface area contributed by atoms with Gasteiger partial charge in [0.05, 0.1) is 24.6 Å². The summed E-state index contributed by atoms with van der Waals surface area (Å²) < 4.78 is 51.8. The lowest BCUT2D eigenvalue weighted by atomic mass is 10.1.